The number of aromatic amines is 1. The highest BCUT2D eigenvalue weighted by atomic mass is 32.2. The molecule has 1 unspecified atom stereocenters. The smallest absolute Gasteiger partial charge is 0.422 e. The second-order valence-electron chi connectivity index (χ2n) is 7.81. The molecule has 0 aliphatic heterocycles. The van der Waals surface area contributed by atoms with Crippen LogP contribution in [0.1, 0.15) is 21.6 Å². The van der Waals surface area contributed by atoms with E-state index in [0.717, 1.165) is 6.07 Å². The number of H-pyrrole nitrogens is 1. The molecule has 0 saturated heterocycles. The van der Waals surface area contributed by atoms with Crippen molar-refractivity contribution in [2.45, 2.75) is 33.8 Å². The van der Waals surface area contributed by atoms with E-state index in [-0.39, 0.29) is 54.3 Å². The quantitative estimate of drug-likeness (QED) is 0.333. The number of carboxylic acids is 1. The summed E-state index contributed by atoms with van der Waals surface area (Å²) in [6.07, 6.45) is -3.29. The number of aromatic nitrogens is 3. The number of imidazole rings is 1. The van der Waals surface area contributed by atoms with Crippen LogP contribution in [0.2, 0.25) is 0 Å². The van der Waals surface area contributed by atoms with Gasteiger partial charge in [-0.05, 0) is 43.3 Å². The zero-order chi connectivity index (χ0) is 27.0. The number of sulfone groups is 1. The molecule has 14 heteroatoms. The molecular formula is C23H18F3N3O6S2. The lowest BCUT2D eigenvalue weighted by atomic mass is 10.2. The lowest BCUT2D eigenvalue weighted by molar-refractivity contribution is -0.153. The van der Waals surface area contributed by atoms with Crippen LogP contribution in [0.5, 0.6) is 5.75 Å². The first-order chi connectivity index (χ1) is 17.4. The number of nitrogens with zero attached hydrogens (tertiary/aromatic N) is 2. The van der Waals surface area contributed by atoms with E-state index >= 15 is 0 Å². The first-order valence-electron chi connectivity index (χ1n) is 10.5. The van der Waals surface area contributed by atoms with E-state index in [1.807, 2.05) is 0 Å². The predicted octanol–water partition coefficient (Wildman–Crippen LogP) is 4.05. The van der Waals surface area contributed by atoms with E-state index in [4.69, 9.17) is 4.74 Å². The molecule has 0 saturated carbocycles. The van der Waals surface area contributed by atoms with Gasteiger partial charge in [0.25, 0.3) is 0 Å². The molecule has 1 atom stereocenters. The average Bonchev–Trinajstić information content (AvgIpc) is 3.28. The normalized spacial score (nSPS) is 13.0. The molecule has 0 amide bonds. The summed E-state index contributed by atoms with van der Waals surface area (Å²) in [4.78, 5) is 21.9. The summed E-state index contributed by atoms with van der Waals surface area (Å²) in [7, 11) is -6.06. The van der Waals surface area contributed by atoms with Crippen LogP contribution in [0.3, 0.4) is 0 Å². The molecule has 4 aromatic rings. The van der Waals surface area contributed by atoms with E-state index in [9.17, 15) is 35.7 Å². The second kappa shape index (κ2) is 9.94. The summed E-state index contributed by atoms with van der Waals surface area (Å²) in [6, 6.07) is 10.4. The Bertz CT molecular complexity index is 1630. The maximum atomic E-state index is 13.3. The Morgan fingerprint density at radius 1 is 1.16 bits per heavy atom. The highest BCUT2D eigenvalue weighted by molar-refractivity contribution is 7.91. The van der Waals surface area contributed by atoms with Crippen LogP contribution in [-0.2, 0) is 26.4 Å². The summed E-state index contributed by atoms with van der Waals surface area (Å²) in [5, 5.41) is 9.13. The maximum Gasteiger partial charge on any atom is 0.422 e. The van der Waals surface area contributed by atoms with Crippen molar-refractivity contribution < 1.29 is 40.4 Å². The third-order valence-electron chi connectivity index (χ3n) is 5.27. The van der Waals surface area contributed by atoms with Crippen molar-refractivity contribution in [1.29, 1.82) is 0 Å². The van der Waals surface area contributed by atoms with Crippen molar-refractivity contribution in [3.8, 4) is 5.75 Å². The number of hydrogen-bond donors (Lipinski definition) is 2. The number of nitrogens with one attached hydrogen (secondary N) is 1. The van der Waals surface area contributed by atoms with Crippen LogP contribution in [0.15, 0.2) is 69.7 Å². The minimum Gasteiger partial charge on any atom is -0.484 e. The van der Waals surface area contributed by atoms with Crippen LogP contribution < -0.4 is 4.74 Å². The van der Waals surface area contributed by atoms with Crippen molar-refractivity contribution in [3.63, 3.8) is 0 Å². The number of carboxylic acid groups (broad SMARTS) is 1. The highest BCUT2D eigenvalue weighted by Gasteiger charge is 2.29. The van der Waals surface area contributed by atoms with Gasteiger partial charge in [-0.15, -0.1) is 0 Å². The number of carbonyl (C=O) groups is 1. The molecule has 0 bridgehead atoms. The van der Waals surface area contributed by atoms with Gasteiger partial charge in [-0.1, -0.05) is 12.1 Å². The minimum absolute atomic E-state index is 0.00137. The van der Waals surface area contributed by atoms with Gasteiger partial charge in [0.05, 0.1) is 43.1 Å². The number of hydrogen-bond acceptors (Lipinski definition) is 7. The molecule has 0 aliphatic rings. The van der Waals surface area contributed by atoms with Gasteiger partial charge >= 0.3 is 12.1 Å². The van der Waals surface area contributed by atoms with Crippen molar-refractivity contribution in [2.75, 3.05) is 6.61 Å². The summed E-state index contributed by atoms with van der Waals surface area (Å²) in [6.45, 7) is -0.00359. The summed E-state index contributed by atoms with van der Waals surface area (Å²) < 4.78 is 82.0. The fourth-order valence-electron chi connectivity index (χ4n) is 3.44. The van der Waals surface area contributed by atoms with Gasteiger partial charge in [0.2, 0.25) is 9.84 Å². The van der Waals surface area contributed by atoms with Gasteiger partial charge in [-0.2, -0.15) is 13.2 Å². The Morgan fingerprint density at radius 2 is 1.89 bits per heavy atom. The molecule has 0 aliphatic carbocycles. The molecule has 9 nitrogen and oxygen atoms in total. The fraction of sp³-hybridized carbons (Fsp3) is 0.174. The lowest BCUT2D eigenvalue weighted by Crippen LogP contribution is -2.20. The standard InChI is InChI=1S/C23H18F3N3O6S2/c1-13-17(27-9-8-18(13)35-12-23(24,25)26)11-36(32)22-28-16-6-3-7-19(20(16)29-22)37(33,34)15-5-2-4-14(10-15)21(30)31/h2-10H,11-12H2,1H3,(H,28,29)(H,30,31). The molecule has 2 N–H and O–H groups in total. The van der Waals surface area contributed by atoms with Crippen LogP contribution >= 0.6 is 0 Å². The molecule has 0 radical (unpaired) electrons. The SMILES string of the molecule is Cc1c(OCC(F)(F)F)ccnc1CS(=O)c1nc2c(S(=O)(=O)c3cccc(C(=O)O)c3)cccc2[nH]1. The number of fused-ring (bicyclic) bond motifs is 1. The molecule has 37 heavy (non-hydrogen) atoms. The largest absolute Gasteiger partial charge is 0.484 e. The molecule has 4 rings (SSSR count). The molecular weight excluding hydrogens is 535 g/mol. The van der Waals surface area contributed by atoms with Gasteiger partial charge in [-0.3, -0.25) is 9.19 Å². The first kappa shape index (κ1) is 26.3. The zero-order valence-corrected chi connectivity index (χ0v) is 20.6. The average molecular weight is 554 g/mol. The molecule has 194 valence electrons. The van der Waals surface area contributed by atoms with E-state index in [1.165, 1.54) is 55.6 Å². The van der Waals surface area contributed by atoms with Gasteiger partial charge in [0.15, 0.2) is 11.8 Å². The topological polar surface area (TPSA) is 139 Å². The number of aromatic carboxylic acids is 1. The molecule has 2 heterocycles. The van der Waals surface area contributed by atoms with Crippen LogP contribution in [0.25, 0.3) is 11.0 Å². The Labute approximate surface area is 210 Å². The number of para-hydroxylation sites is 1. The van der Waals surface area contributed by atoms with E-state index < -0.39 is 39.4 Å². The molecule has 0 fully saturated rings. The van der Waals surface area contributed by atoms with Crippen LogP contribution in [0.4, 0.5) is 13.2 Å². The van der Waals surface area contributed by atoms with Crippen molar-refractivity contribution >= 4 is 37.6 Å². The number of pyridine rings is 1. The number of ether oxygens (including phenoxy) is 1. The van der Waals surface area contributed by atoms with Crippen molar-refractivity contribution in [1.82, 2.24) is 15.0 Å². The van der Waals surface area contributed by atoms with Crippen LogP contribution in [-0.4, -0.2) is 51.4 Å². The Morgan fingerprint density at radius 3 is 2.59 bits per heavy atom. The first-order valence-corrected chi connectivity index (χ1v) is 13.3. The predicted molar refractivity (Wildman–Crippen MR) is 126 cm³/mol. The van der Waals surface area contributed by atoms with Gasteiger partial charge in [0.1, 0.15) is 11.3 Å². The van der Waals surface area contributed by atoms with Crippen molar-refractivity contribution in [3.05, 3.63) is 71.5 Å². The monoisotopic (exact) mass is 553 g/mol. The Balaban J connectivity index is 1.65. The molecule has 2 aromatic heterocycles. The Hall–Kier alpha value is -3.78. The Kier molecular flexibility index (Phi) is 7.06. The molecule has 0 spiro atoms. The summed E-state index contributed by atoms with van der Waals surface area (Å²) >= 11 is 0. The second-order valence-corrected chi connectivity index (χ2v) is 11.1. The maximum absolute atomic E-state index is 13.3. The van der Waals surface area contributed by atoms with E-state index in [1.54, 1.807) is 0 Å². The highest BCUT2D eigenvalue weighted by Crippen LogP contribution is 2.29. The number of rotatable bonds is 8. The zero-order valence-electron chi connectivity index (χ0n) is 18.9. The van der Waals surface area contributed by atoms with E-state index in [0.29, 0.717) is 0 Å². The number of halogens is 3. The summed E-state index contributed by atoms with van der Waals surface area (Å²) in [5.74, 6) is -1.57. The van der Waals surface area contributed by atoms with Crippen molar-refractivity contribution in [2.24, 2.45) is 0 Å². The third kappa shape index (κ3) is 5.64. The lowest BCUT2D eigenvalue weighted by Gasteiger charge is -2.13. The summed E-state index contributed by atoms with van der Waals surface area (Å²) in [5.41, 5.74) is 0.556. The van der Waals surface area contributed by atoms with Gasteiger partial charge in [0, 0.05) is 11.8 Å². The van der Waals surface area contributed by atoms with E-state index in [2.05, 4.69) is 15.0 Å². The molecule has 2 aromatic carbocycles. The van der Waals surface area contributed by atoms with Gasteiger partial charge < -0.3 is 14.8 Å². The van der Waals surface area contributed by atoms with Crippen LogP contribution in [0, 0.1) is 6.92 Å². The number of benzene rings is 2. The third-order valence-corrected chi connectivity index (χ3v) is 8.21. The van der Waals surface area contributed by atoms with Gasteiger partial charge in [-0.25, -0.2) is 18.2 Å². The fourth-order valence-corrected chi connectivity index (χ4v) is 6.00. The number of alkyl halides is 3. The minimum atomic E-state index is -4.53.